The summed E-state index contributed by atoms with van der Waals surface area (Å²) in [5, 5.41) is 0. The quantitative estimate of drug-likeness (QED) is 0.870. The summed E-state index contributed by atoms with van der Waals surface area (Å²) in [4.78, 5) is 2.42. The number of benzene rings is 1. The molecule has 0 fully saturated rings. The fraction of sp³-hybridized carbons (Fsp3) is 0.571. The number of halogens is 1. The molecule has 1 aromatic carbocycles. The third-order valence-electron chi connectivity index (χ3n) is 3.34. The summed E-state index contributed by atoms with van der Waals surface area (Å²) in [5.74, 6) is 0. The van der Waals surface area contributed by atoms with Crippen molar-refractivity contribution < 1.29 is 0 Å². The molecule has 96 valence electrons. The maximum Gasteiger partial charge on any atom is 0.0244 e. The second kappa shape index (κ2) is 7.14. The maximum atomic E-state index is 5.63. The number of rotatable bonds is 6. The van der Waals surface area contributed by atoms with Crippen LogP contribution in [0.1, 0.15) is 37.8 Å². The van der Waals surface area contributed by atoms with Gasteiger partial charge < -0.3 is 5.73 Å². The van der Waals surface area contributed by atoms with Gasteiger partial charge in [0, 0.05) is 23.6 Å². The maximum absolute atomic E-state index is 5.63. The van der Waals surface area contributed by atoms with E-state index < -0.39 is 0 Å². The number of nitrogens with two attached hydrogens (primary N) is 1. The fourth-order valence-electron chi connectivity index (χ4n) is 2.16. The van der Waals surface area contributed by atoms with Gasteiger partial charge in [0.05, 0.1) is 0 Å². The molecule has 1 rings (SSSR count). The zero-order chi connectivity index (χ0) is 12.8. The first-order valence-corrected chi connectivity index (χ1v) is 7.09. The van der Waals surface area contributed by atoms with Crippen LogP contribution in [-0.2, 0) is 13.1 Å². The van der Waals surface area contributed by atoms with Crippen molar-refractivity contribution in [3.8, 4) is 0 Å². The Bertz CT molecular complexity index is 348. The molecule has 3 heteroatoms. The summed E-state index contributed by atoms with van der Waals surface area (Å²) in [6, 6.07) is 7.07. The van der Waals surface area contributed by atoms with E-state index in [0.717, 1.165) is 6.54 Å². The van der Waals surface area contributed by atoms with Gasteiger partial charge in [0.15, 0.2) is 0 Å². The van der Waals surface area contributed by atoms with E-state index in [-0.39, 0.29) is 0 Å². The van der Waals surface area contributed by atoms with E-state index in [2.05, 4.69) is 59.9 Å². The van der Waals surface area contributed by atoms with E-state index >= 15 is 0 Å². The Kier molecular flexibility index (Phi) is 6.17. The largest absolute Gasteiger partial charge is 0.326 e. The Labute approximate surface area is 113 Å². The highest BCUT2D eigenvalue weighted by atomic mass is 79.9. The van der Waals surface area contributed by atoms with Gasteiger partial charge in [-0.3, -0.25) is 4.90 Å². The lowest BCUT2D eigenvalue weighted by Gasteiger charge is -2.26. The van der Waals surface area contributed by atoms with Gasteiger partial charge >= 0.3 is 0 Å². The van der Waals surface area contributed by atoms with Gasteiger partial charge in [-0.05, 0) is 37.1 Å². The molecular formula is C14H23BrN2. The average molecular weight is 299 g/mol. The van der Waals surface area contributed by atoms with Gasteiger partial charge in [-0.1, -0.05) is 41.9 Å². The van der Waals surface area contributed by atoms with Crippen molar-refractivity contribution in [2.45, 2.75) is 45.8 Å². The molecule has 17 heavy (non-hydrogen) atoms. The summed E-state index contributed by atoms with van der Waals surface area (Å²) in [6.45, 7) is 6.08. The summed E-state index contributed by atoms with van der Waals surface area (Å²) < 4.78 is 1.17. The number of hydrogen-bond acceptors (Lipinski definition) is 2. The molecule has 0 aliphatic rings. The number of nitrogens with zero attached hydrogens (tertiary/aromatic N) is 1. The van der Waals surface area contributed by atoms with Crippen molar-refractivity contribution in [1.29, 1.82) is 0 Å². The second-order valence-corrected chi connectivity index (χ2v) is 5.37. The molecule has 0 aliphatic carbocycles. The zero-order valence-corrected chi connectivity index (χ0v) is 12.6. The average Bonchev–Trinajstić information content (AvgIpc) is 2.33. The number of hydrogen-bond donors (Lipinski definition) is 1. The third-order valence-corrected chi connectivity index (χ3v) is 4.08. The van der Waals surface area contributed by atoms with Crippen LogP contribution >= 0.6 is 15.9 Å². The van der Waals surface area contributed by atoms with Gasteiger partial charge in [0.1, 0.15) is 0 Å². The summed E-state index contributed by atoms with van der Waals surface area (Å²) in [5.41, 5.74) is 8.13. The molecule has 0 aromatic heterocycles. The van der Waals surface area contributed by atoms with E-state index in [1.807, 2.05) is 0 Å². The minimum absolute atomic E-state index is 0.598. The first-order valence-electron chi connectivity index (χ1n) is 6.29. The first kappa shape index (κ1) is 14.7. The fourth-order valence-corrected chi connectivity index (χ4v) is 2.71. The van der Waals surface area contributed by atoms with E-state index in [9.17, 15) is 0 Å². The normalized spacial score (nSPS) is 11.5. The summed E-state index contributed by atoms with van der Waals surface area (Å²) in [6.07, 6.45) is 2.40. The second-order valence-electron chi connectivity index (χ2n) is 4.52. The minimum Gasteiger partial charge on any atom is -0.326 e. The van der Waals surface area contributed by atoms with Gasteiger partial charge in [0.2, 0.25) is 0 Å². The van der Waals surface area contributed by atoms with Gasteiger partial charge in [-0.25, -0.2) is 0 Å². The van der Waals surface area contributed by atoms with Crippen molar-refractivity contribution in [1.82, 2.24) is 4.90 Å². The molecule has 0 radical (unpaired) electrons. The predicted octanol–water partition coefficient (Wildman–Crippen LogP) is 3.53. The predicted molar refractivity (Wildman–Crippen MR) is 77.9 cm³/mol. The van der Waals surface area contributed by atoms with E-state index in [1.54, 1.807) is 0 Å². The van der Waals surface area contributed by atoms with Crippen LogP contribution in [0.15, 0.2) is 22.7 Å². The smallest absolute Gasteiger partial charge is 0.0244 e. The Morgan fingerprint density at radius 2 is 1.94 bits per heavy atom. The highest BCUT2D eigenvalue weighted by Gasteiger charge is 2.12. The lowest BCUT2D eigenvalue weighted by atomic mass is 10.1. The first-order chi connectivity index (χ1) is 8.12. The van der Waals surface area contributed by atoms with E-state index in [1.165, 1.54) is 28.4 Å². The minimum atomic E-state index is 0.598. The highest BCUT2D eigenvalue weighted by Crippen LogP contribution is 2.21. The molecule has 1 aromatic rings. The van der Waals surface area contributed by atoms with Crippen LogP contribution in [0.2, 0.25) is 0 Å². The van der Waals surface area contributed by atoms with Crippen LogP contribution in [-0.4, -0.2) is 18.0 Å². The molecule has 0 aliphatic heterocycles. The molecule has 0 amide bonds. The van der Waals surface area contributed by atoms with Gasteiger partial charge in [-0.15, -0.1) is 0 Å². The summed E-state index contributed by atoms with van der Waals surface area (Å²) >= 11 is 3.63. The Hall–Kier alpha value is -0.380. The molecule has 0 heterocycles. The van der Waals surface area contributed by atoms with Crippen LogP contribution in [0.4, 0.5) is 0 Å². The molecular weight excluding hydrogens is 276 g/mol. The molecule has 0 spiro atoms. The van der Waals surface area contributed by atoms with Crippen molar-refractivity contribution in [3.05, 3.63) is 33.8 Å². The van der Waals surface area contributed by atoms with Crippen molar-refractivity contribution in [3.63, 3.8) is 0 Å². The molecule has 2 N–H and O–H groups in total. The van der Waals surface area contributed by atoms with Gasteiger partial charge in [-0.2, -0.15) is 0 Å². The van der Waals surface area contributed by atoms with Crippen LogP contribution in [0, 0.1) is 0 Å². The zero-order valence-electron chi connectivity index (χ0n) is 11.0. The third kappa shape index (κ3) is 4.09. The molecule has 0 saturated heterocycles. The Balaban J connectivity index is 2.74. The van der Waals surface area contributed by atoms with Gasteiger partial charge in [0.25, 0.3) is 0 Å². The topological polar surface area (TPSA) is 29.3 Å². The lowest BCUT2D eigenvalue weighted by molar-refractivity contribution is 0.221. The molecule has 0 atom stereocenters. The molecule has 0 bridgehead atoms. The van der Waals surface area contributed by atoms with Crippen molar-refractivity contribution in [2.24, 2.45) is 5.73 Å². The highest BCUT2D eigenvalue weighted by molar-refractivity contribution is 9.10. The van der Waals surface area contributed by atoms with Crippen LogP contribution in [0.25, 0.3) is 0 Å². The van der Waals surface area contributed by atoms with Crippen molar-refractivity contribution in [2.75, 3.05) is 7.05 Å². The lowest BCUT2D eigenvalue weighted by Crippen LogP contribution is -2.30. The summed E-state index contributed by atoms with van der Waals surface area (Å²) in [7, 11) is 2.20. The van der Waals surface area contributed by atoms with Crippen LogP contribution < -0.4 is 5.73 Å². The molecule has 0 saturated carbocycles. The SMILES string of the molecule is CCC(CC)N(C)Cc1ccc(CN)cc1Br. The van der Waals surface area contributed by atoms with Crippen LogP contribution in [0.3, 0.4) is 0 Å². The Morgan fingerprint density at radius 3 is 2.41 bits per heavy atom. The van der Waals surface area contributed by atoms with E-state index in [4.69, 9.17) is 5.73 Å². The van der Waals surface area contributed by atoms with Crippen LogP contribution in [0.5, 0.6) is 0 Å². The molecule has 0 unspecified atom stereocenters. The van der Waals surface area contributed by atoms with Crippen molar-refractivity contribution >= 4 is 15.9 Å². The monoisotopic (exact) mass is 298 g/mol. The standard InChI is InChI=1S/C14H23BrN2/c1-4-13(5-2)17(3)10-12-7-6-11(9-16)8-14(12)15/h6-8,13H,4-5,9-10,16H2,1-3H3. The van der Waals surface area contributed by atoms with E-state index in [0.29, 0.717) is 12.6 Å². The molecule has 2 nitrogen and oxygen atoms in total. The Morgan fingerprint density at radius 1 is 1.29 bits per heavy atom.